The van der Waals surface area contributed by atoms with E-state index in [2.05, 4.69) is 0 Å². The maximum atomic E-state index is 13.4. The van der Waals surface area contributed by atoms with Gasteiger partial charge in [-0.05, 0) is 33.5 Å². The number of Topliss-reactive ketones (excluding diaryl/α,β-unsaturated/α-hetero) is 1. The van der Waals surface area contributed by atoms with Gasteiger partial charge in [-0.25, -0.2) is 4.39 Å². The van der Waals surface area contributed by atoms with Crippen LogP contribution in [0.25, 0.3) is 0 Å². The molecule has 0 fully saturated rings. The van der Waals surface area contributed by atoms with Gasteiger partial charge < -0.3 is 4.90 Å². The van der Waals surface area contributed by atoms with Crippen molar-refractivity contribution in [2.24, 2.45) is 5.41 Å². The lowest BCUT2D eigenvalue weighted by atomic mass is 9.87. The molecule has 5 nitrogen and oxygen atoms in total. The standard InChI is InChI=1S/C11H22FNO.CH4O3S/c1-11(2,3)10(14)9(12)7-6-8-13(4)5;1-5(2,3)4/h9H,6-8H2,1-5H3;1H3,(H,2,3,4)/t9-;/m0./s1. The first-order valence-electron chi connectivity index (χ1n) is 6.00. The largest absolute Gasteiger partial charge is 0.309 e. The van der Waals surface area contributed by atoms with Gasteiger partial charge in [-0.15, -0.1) is 0 Å². The van der Waals surface area contributed by atoms with Gasteiger partial charge in [-0.3, -0.25) is 9.35 Å². The number of ketones is 1. The summed E-state index contributed by atoms with van der Waals surface area (Å²) in [5, 5.41) is 0. The molecule has 0 rings (SSSR count). The first-order chi connectivity index (χ1) is 8.25. The molecule has 1 atom stereocenters. The van der Waals surface area contributed by atoms with E-state index in [4.69, 9.17) is 4.55 Å². The molecule has 0 aliphatic rings. The number of hydrogen-bond donors (Lipinski definition) is 1. The first kappa shape index (κ1) is 20.8. The van der Waals surface area contributed by atoms with E-state index in [0.717, 1.165) is 13.0 Å². The third kappa shape index (κ3) is 17.5. The van der Waals surface area contributed by atoms with E-state index in [0.29, 0.717) is 12.7 Å². The summed E-state index contributed by atoms with van der Waals surface area (Å²) in [6.07, 6.45) is 0.493. The minimum atomic E-state index is -3.67. The van der Waals surface area contributed by atoms with Gasteiger partial charge in [0.05, 0.1) is 6.26 Å². The van der Waals surface area contributed by atoms with Gasteiger partial charge in [0.15, 0.2) is 12.0 Å². The molecular formula is C12H26FNO4S. The van der Waals surface area contributed by atoms with Crippen LogP contribution in [-0.4, -0.2) is 56.7 Å². The van der Waals surface area contributed by atoms with Crippen molar-refractivity contribution in [2.45, 2.75) is 39.8 Å². The smallest absolute Gasteiger partial charge is 0.261 e. The fraction of sp³-hybridized carbons (Fsp3) is 0.917. The maximum Gasteiger partial charge on any atom is 0.261 e. The Morgan fingerprint density at radius 3 is 1.95 bits per heavy atom. The third-order valence-corrected chi connectivity index (χ3v) is 2.09. The lowest BCUT2D eigenvalue weighted by Gasteiger charge is -2.19. The minimum Gasteiger partial charge on any atom is -0.309 e. The normalized spacial score (nSPS) is 13.7. The second-order valence-corrected chi connectivity index (χ2v) is 7.23. The maximum absolute atomic E-state index is 13.4. The lowest BCUT2D eigenvalue weighted by Crippen LogP contribution is -2.30. The number of alkyl halides is 1. The van der Waals surface area contributed by atoms with Gasteiger partial charge in [0.25, 0.3) is 10.1 Å². The summed E-state index contributed by atoms with van der Waals surface area (Å²) >= 11 is 0. The highest BCUT2D eigenvalue weighted by Crippen LogP contribution is 2.20. The second-order valence-electron chi connectivity index (χ2n) is 5.76. The third-order valence-electron chi connectivity index (χ3n) is 2.09. The number of nitrogens with zero attached hydrogens (tertiary/aromatic N) is 1. The Kier molecular flexibility index (Phi) is 9.41. The van der Waals surface area contributed by atoms with Crippen LogP contribution in [0.4, 0.5) is 4.39 Å². The van der Waals surface area contributed by atoms with E-state index in [-0.39, 0.29) is 5.78 Å². The van der Waals surface area contributed by atoms with E-state index < -0.39 is 21.7 Å². The molecule has 0 bridgehead atoms. The molecular weight excluding hydrogens is 273 g/mol. The molecule has 0 aromatic carbocycles. The van der Waals surface area contributed by atoms with Crippen LogP contribution in [0.5, 0.6) is 0 Å². The van der Waals surface area contributed by atoms with Crippen LogP contribution in [0.3, 0.4) is 0 Å². The summed E-state index contributed by atoms with van der Waals surface area (Å²) in [7, 11) is 0.220. The fourth-order valence-electron chi connectivity index (χ4n) is 1.19. The van der Waals surface area contributed by atoms with E-state index >= 15 is 0 Å². The van der Waals surface area contributed by atoms with Crippen LogP contribution < -0.4 is 0 Å². The highest BCUT2D eigenvalue weighted by molar-refractivity contribution is 7.85. The van der Waals surface area contributed by atoms with Crippen LogP contribution in [0.1, 0.15) is 33.6 Å². The average molecular weight is 299 g/mol. The molecule has 0 radical (unpaired) electrons. The molecule has 0 aliphatic heterocycles. The Morgan fingerprint density at radius 1 is 1.32 bits per heavy atom. The van der Waals surface area contributed by atoms with Crippen LogP contribution in [0.2, 0.25) is 0 Å². The van der Waals surface area contributed by atoms with Crippen LogP contribution in [-0.2, 0) is 14.9 Å². The summed E-state index contributed by atoms with van der Waals surface area (Å²) in [6, 6.07) is 0. The van der Waals surface area contributed by atoms with Gasteiger partial charge in [0.2, 0.25) is 0 Å². The predicted octanol–water partition coefficient (Wildman–Crippen LogP) is 1.79. The fourth-order valence-corrected chi connectivity index (χ4v) is 1.19. The van der Waals surface area contributed by atoms with Crippen LogP contribution in [0.15, 0.2) is 0 Å². The second kappa shape index (κ2) is 8.60. The molecule has 0 saturated heterocycles. The van der Waals surface area contributed by atoms with Gasteiger partial charge >= 0.3 is 0 Å². The Hall–Kier alpha value is -0.530. The van der Waals surface area contributed by atoms with E-state index in [1.165, 1.54) is 0 Å². The predicted molar refractivity (Wildman–Crippen MR) is 74.6 cm³/mol. The van der Waals surface area contributed by atoms with Crippen molar-refractivity contribution in [3.8, 4) is 0 Å². The molecule has 0 aromatic rings. The number of hydrogen-bond acceptors (Lipinski definition) is 4. The van der Waals surface area contributed by atoms with Crippen molar-refractivity contribution in [2.75, 3.05) is 26.9 Å². The molecule has 116 valence electrons. The summed E-state index contributed by atoms with van der Waals surface area (Å²) in [6.45, 7) is 6.10. The molecule has 0 aromatic heterocycles. The quantitative estimate of drug-likeness (QED) is 0.783. The molecule has 19 heavy (non-hydrogen) atoms. The molecule has 0 unspecified atom stereocenters. The van der Waals surface area contributed by atoms with Crippen molar-refractivity contribution in [3.63, 3.8) is 0 Å². The molecule has 0 amide bonds. The van der Waals surface area contributed by atoms with E-state index in [1.54, 1.807) is 20.8 Å². The lowest BCUT2D eigenvalue weighted by molar-refractivity contribution is -0.131. The van der Waals surface area contributed by atoms with Crippen molar-refractivity contribution in [1.82, 2.24) is 4.90 Å². The van der Waals surface area contributed by atoms with Gasteiger partial charge in [0.1, 0.15) is 0 Å². The van der Waals surface area contributed by atoms with Crippen molar-refractivity contribution in [3.05, 3.63) is 0 Å². The highest BCUT2D eigenvalue weighted by Gasteiger charge is 2.28. The van der Waals surface area contributed by atoms with Crippen molar-refractivity contribution >= 4 is 15.9 Å². The van der Waals surface area contributed by atoms with Crippen molar-refractivity contribution in [1.29, 1.82) is 0 Å². The summed E-state index contributed by atoms with van der Waals surface area (Å²) in [5.74, 6) is -0.281. The number of halogens is 1. The monoisotopic (exact) mass is 299 g/mol. The average Bonchev–Trinajstić information content (AvgIpc) is 2.11. The molecule has 0 spiro atoms. The number of rotatable bonds is 5. The molecule has 0 heterocycles. The first-order valence-corrected chi connectivity index (χ1v) is 7.85. The minimum absolute atomic E-state index is 0.281. The number of carbonyl (C=O) groups excluding carboxylic acids is 1. The zero-order chi connectivity index (χ0) is 15.9. The van der Waals surface area contributed by atoms with Crippen LogP contribution >= 0.6 is 0 Å². The Balaban J connectivity index is 0. The van der Waals surface area contributed by atoms with Gasteiger partial charge in [0, 0.05) is 5.41 Å². The van der Waals surface area contributed by atoms with E-state index in [9.17, 15) is 17.6 Å². The number of carbonyl (C=O) groups is 1. The Bertz CT molecular complexity index is 352. The Morgan fingerprint density at radius 2 is 1.68 bits per heavy atom. The van der Waals surface area contributed by atoms with Gasteiger partial charge in [-0.1, -0.05) is 20.8 Å². The molecule has 1 N–H and O–H groups in total. The zero-order valence-electron chi connectivity index (χ0n) is 12.6. The Labute approximate surface area is 115 Å². The van der Waals surface area contributed by atoms with Crippen LogP contribution in [0, 0.1) is 5.41 Å². The topological polar surface area (TPSA) is 74.7 Å². The zero-order valence-corrected chi connectivity index (χ0v) is 13.4. The molecule has 7 heteroatoms. The SMILES string of the molecule is CN(C)CCC[C@H](F)C(=O)C(C)(C)C.CS(=O)(=O)O. The van der Waals surface area contributed by atoms with Crippen molar-refractivity contribution < 1.29 is 22.2 Å². The van der Waals surface area contributed by atoms with E-state index in [1.807, 2.05) is 19.0 Å². The molecule has 0 aliphatic carbocycles. The highest BCUT2D eigenvalue weighted by atomic mass is 32.2. The summed E-state index contributed by atoms with van der Waals surface area (Å²) in [5.41, 5.74) is -0.558. The summed E-state index contributed by atoms with van der Waals surface area (Å²) < 4.78 is 39.2. The van der Waals surface area contributed by atoms with Gasteiger partial charge in [-0.2, -0.15) is 8.42 Å². The molecule has 0 saturated carbocycles. The summed E-state index contributed by atoms with van der Waals surface area (Å²) in [4.78, 5) is 13.4.